The molecule has 1 heterocycles. The summed E-state index contributed by atoms with van der Waals surface area (Å²) >= 11 is 0. The minimum atomic E-state index is -0.0826. The molecular formula is C14H18N4O. The molecule has 2 aromatic rings. The molecule has 1 aromatic heterocycles. The summed E-state index contributed by atoms with van der Waals surface area (Å²) in [4.78, 5) is 15.5. The summed E-state index contributed by atoms with van der Waals surface area (Å²) in [6.45, 7) is 2.09. The predicted molar refractivity (Wildman–Crippen MR) is 75.7 cm³/mol. The molecule has 1 amide bonds. The van der Waals surface area contributed by atoms with Gasteiger partial charge in [0.15, 0.2) is 0 Å². The highest BCUT2D eigenvalue weighted by atomic mass is 16.1. The number of hydrogen-bond acceptors (Lipinski definition) is 3. The summed E-state index contributed by atoms with van der Waals surface area (Å²) in [7, 11) is 1.97. The van der Waals surface area contributed by atoms with Crippen molar-refractivity contribution in [2.75, 3.05) is 11.9 Å². The van der Waals surface area contributed by atoms with Crippen LogP contribution in [0.25, 0.3) is 11.4 Å². The number of rotatable bonds is 4. The zero-order valence-corrected chi connectivity index (χ0v) is 11.2. The molecule has 0 aliphatic heterocycles. The monoisotopic (exact) mass is 258 g/mol. The second-order valence-corrected chi connectivity index (χ2v) is 4.43. The van der Waals surface area contributed by atoms with Gasteiger partial charge in [0.2, 0.25) is 5.91 Å². The molecule has 1 aromatic carbocycles. The number of nitrogens with zero attached hydrogens (tertiary/aromatic N) is 2. The predicted octanol–water partition coefficient (Wildman–Crippen LogP) is 1.55. The average Bonchev–Trinajstić information content (AvgIpc) is 2.71. The highest BCUT2D eigenvalue weighted by molar-refractivity contribution is 5.89. The Kier molecular flexibility index (Phi) is 3.97. The van der Waals surface area contributed by atoms with Crippen molar-refractivity contribution in [3.8, 4) is 11.4 Å². The highest BCUT2D eigenvalue weighted by Gasteiger charge is 2.08. The number of carbonyl (C=O) groups excluding carboxylic acids is 1. The van der Waals surface area contributed by atoms with E-state index in [4.69, 9.17) is 5.73 Å². The molecule has 2 rings (SSSR count). The molecule has 5 nitrogen and oxygen atoms in total. The van der Waals surface area contributed by atoms with Gasteiger partial charge in [-0.3, -0.25) is 4.79 Å². The summed E-state index contributed by atoms with van der Waals surface area (Å²) in [5, 5.41) is 2.77. The average molecular weight is 258 g/mol. The lowest BCUT2D eigenvalue weighted by atomic mass is 10.2. The Morgan fingerprint density at radius 1 is 1.47 bits per heavy atom. The molecule has 100 valence electrons. The molecule has 0 atom stereocenters. The third-order valence-corrected chi connectivity index (χ3v) is 2.93. The Hall–Kier alpha value is -2.14. The smallest absolute Gasteiger partial charge is 0.221 e. The van der Waals surface area contributed by atoms with Crippen LogP contribution >= 0.6 is 0 Å². The standard InChI is InChI=1S/C14H18N4O/c1-10(19)17-12-5-3-4-11(8-12)14-16-9-13(6-7-15)18(14)2/h3-5,8-9H,6-7,15H2,1-2H3,(H,17,19). The topological polar surface area (TPSA) is 72.9 Å². The number of nitrogens with two attached hydrogens (primary N) is 1. The maximum absolute atomic E-state index is 11.1. The van der Waals surface area contributed by atoms with E-state index < -0.39 is 0 Å². The van der Waals surface area contributed by atoms with Crippen molar-refractivity contribution in [1.82, 2.24) is 9.55 Å². The van der Waals surface area contributed by atoms with Gasteiger partial charge in [0, 0.05) is 43.5 Å². The van der Waals surface area contributed by atoms with E-state index in [1.54, 1.807) is 0 Å². The van der Waals surface area contributed by atoms with Crippen LogP contribution in [0.1, 0.15) is 12.6 Å². The van der Waals surface area contributed by atoms with Crippen molar-refractivity contribution < 1.29 is 4.79 Å². The van der Waals surface area contributed by atoms with Crippen LogP contribution in [0.15, 0.2) is 30.5 Å². The van der Waals surface area contributed by atoms with Gasteiger partial charge in [0.05, 0.1) is 0 Å². The van der Waals surface area contributed by atoms with Crippen LogP contribution in [-0.2, 0) is 18.3 Å². The number of amides is 1. The molecule has 0 aliphatic carbocycles. The van der Waals surface area contributed by atoms with Gasteiger partial charge in [-0.2, -0.15) is 0 Å². The zero-order valence-electron chi connectivity index (χ0n) is 11.2. The Morgan fingerprint density at radius 2 is 2.26 bits per heavy atom. The van der Waals surface area contributed by atoms with Gasteiger partial charge < -0.3 is 15.6 Å². The van der Waals surface area contributed by atoms with E-state index >= 15 is 0 Å². The van der Waals surface area contributed by atoms with Gasteiger partial charge in [-0.05, 0) is 18.7 Å². The third-order valence-electron chi connectivity index (χ3n) is 2.93. The van der Waals surface area contributed by atoms with Crippen LogP contribution in [0.2, 0.25) is 0 Å². The number of carbonyl (C=O) groups is 1. The molecule has 0 saturated carbocycles. The van der Waals surface area contributed by atoms with Crippen molar-refractivity contribution in [3.05, 3.63) is 36.2 Å². The molecule has 0 saturated heterocycles. The van der Waals surface area contributed by atoms with E-state index in [2.05, 4.69) is 10.3 Å². The molecule has 0 radical (unpaired) electrons. The Bertz CT molecular complexity index is 589. The van der Waals surface area contributed by atoms with Crippen LogP contribution < -0.4 is 11.1 Å². The minimum absolute atomic E-state index is 0.0826. The van der Waals surface area contributed by atoms with E-state index in [0.717, 1.165) is 29.2 Å². The van der Waals surface area contributed by atoms with E-state index in [0.29, 0.717) is 6.54 Å². The maximum Gasteiger partial charge on any atom is 0.221 e. The number of anilines is 1. The third kappa shape index (κ3) is 3.00. The second kappa shape index (κ2) is 5.67. The lowest BCUT2D eigenvalue weighted by Gasteiger charge is -2.07. The van der Waals surface area contributed by atoms with E-state index in [9.17, 15) is 4.79 Å². The molecule has 0 unspecified atom stereocenters. The maximum atomic E-state index is 11.1. The lowest BCUT2D eigenvalue weighted by molar-refractivity contribution is -0.114. The first kappa shape index (κ1) is 13.3. The van der Waals surface area contributed by atoms with Crippen molar-refractivity contribution in [2.45, 2.75) is 13.3 Å². The molecule has 0 bridgehead atoms. The van der Waals surface area contributed by atoms with Crippen LogP contribution in [0.4, 0.5) is 5.69 Å². The fourth-order valence-electron chi connectivity index (χ4n) is 2.03. The quantitative estimate of drug-likeness (QED) is 0.873. The first-order valence-electron chi connectivity index (χ1n) is 6.20. The summed E-state index contributed by atoms with van der Waals surface area (Å²) in [6, 6.07) is 7.64. The van der Waals surface area contributed by atoms with Gasteiger partial charge in [-0.1, -0.05) is 12.1 Å². The largest absolute Gasteiger partial charge is 0.331 e. The van der Waals surface area contributed by atoms with Gasteiger partial charge in [0.25, 0.3) is 0 Å². The molecule has 3 N–H and O–H groups in total. The fraction of sp³-hybridized carbons (Fsp3) is 0.286. The van der Waals surface area contributed by atoms with Gasteiger partial charge in [0.1, 0.15) is 5.82 Å². The molecular weight excluding hydrogens is 240 g/mol. The molecule has 5 heteroatoms. The van der Waals surface area contributed by atoms with Crippen LogP contribution in [0, 0.1) is 0 Å². The van der Waals surface area contributed by atoms with E-state index in [1.807, 2.05) is 42.1 Å². The van der Waals surface area contributed by atoms with Crippen LogP contribution in [-0.4, -0.2) is 22.0 Å². The summed E-state index contributed by atoms with van der Waals surface area (Å²) < 4.78 is 2.03. The molecule has 0 aliphatic rings. The van der Waals surface area contributed by atoms with Crippen LogP contribution in [0.5, 0.6) is 0 Å². The van der Waals surface area contributed by atoms with Crippen molar-refractivity contribution in [3.63, 3.8) is 0 Å². The number of aromatic nitrogens is 2. The first-order valence-corrected chi connectivity index (χ1v) is 6.20. The van der Waals surface area contributed by atoms with E-state index in [-0.39, 0.29) is 5.91 Å². The second-order valence-electron chi connectivity index (χ2n) is 4.43. The Labute approximate surface area is 112 Å². The highest BCUT2D eigenvalue weighted by Crippen LogP contribution is 2.22. The zero-order chi connectivity index (χ0) is 13.8. The summed E-state index contributed by atoms with van der Waals surface area (Å²) in [5.41, 5.74) is 8.41. The minimum Gasteiger partial charge on any atom is -0.331 e. The van der Waals surface area contributed by atoms with Gasteiger partial charge in [-0.25, -0.2) is 4.98 Å². The number of nitrogens with one attached hydrogen (secondary N) is 1. The number of hydrogen-bond donors (Lipinski definition) is 2. The Morgan fingerprint density at radius 3 is 2.95 bits per heavy atom. The number of imidazole rings is 1. The normalized spacial score (nSPS) is 10.5. The molecule has 19 heavy (non-hydrogen) atoms. The Balaban J connectivity index is 2.33. The van der Waals surface area contributed by atoms with Crippen molar-refractivity contribution in [1.29, 1.82) is 0 Å². The van der Waals surface area contributed by atoms with Crippen molar-refractivity contribution >= 4 is 11.6 Å². The lowest BCUT2D eigenvalue weighted by Crippen LogP contribution is -2.07. The molecule has 0 spiro atoms. The summed E-state index contributed by atoms with van der Waals surface area (Å²) in [6.07, 6.45) is 2.64. The van der Waals surface area contributed by atoms with Crippen LogP contribution in [0.3, 0.4) is 0 Å². The van der Waals surface area contributed by atoms with Gasteiger partial charge in [-0.15, -0.1) is 0 Å². The summed E-state index contributed by atoms with van der Waals surface area (Å²) in [5.74, 6) is 0.788. The van der Waals surface area contributed by atoms with E-state index in [1.165, 1.54) is 6.92 Å². The fourth-order valence-corrected chi connectivity index (χ4v) is 2.03. The molecule has 0 fully saturated rings. The first-order chi connectivity index (χ1) is 9.11. The van der Waals surface area contributed by atoms with Gasteiger partial charge >= 0.3 is 0 Å². The SMILES string of the molecule is CC(=O)Nc1cccc(-c2ncc(CCN)n2C)c1. The van der Waals surface area contributed by atoms with Crippen molar-refractivity contribution in [2.24, 2.45) is 12.8 Å². The number of benzene rings is 1.